The molecule has 2 aromatic heterocycles. The number of hydrogen-bond acceptors (Lipinski definition) is 6. The van der Waals surface area contributed by atoms with Gasteiger partial charge < -0.3 is 9.80 Å². The van der Waals surface area contributed by atoms with Crippen LogP contribution in [0.2, 0.25) is 0 Å². The first kappa shape index (κ1) is 35.1. The summed E-state index contributed by atoms with van der Waals surface area (Å²) < 4.78 is 0. The Bertz CT molecular complexity index is 2190. The lowest BCUT2D eigenvalue weighted by molar-refractivity contribution is 0.511. The van der Waals surface area contributed by atoms with Gasteiger partial charge in [0.05, 0.1) is 42.0 Å². The molecule has 2 atom stereocenters. The van der Waals surface area contributed by atoms with Crippen molar-refractivity contribution in [3.05, 3.63) is 103 Å². The number of aromatic nitrogens is 4. The van der Waals surface area contributed by atoms with E-state index in [4.69, 9.17) is 4.98 Å². The molecule has 0 N–H and O–H groups in total. The molecule has 2 fully saturated rings. The molecule has 6 nitrogen and oxygen atoms in total. The quantitative estimate of drug-likeness (QED) is 0.138. The first-order chi connectivity index (χ1) is 25.4. The summed E-state index contributed by atoms with van der Waals surface area (Å²) in [4.78, 5) is 23.2. The number of nitrogens with zero attached hydrogens (tertiary/aromatic N) is 6. The van der Waals surface area contributed by atoms with E-state index in [0.717, 1.165) is 41.7 Å². The summed E-state index contributed by atoms with van der Waals surface area (Å²) in [7, 11) is 3.34. The van der Waals surface area contributed by atoms with Crippen LogP contribution in [0.15, 0.2) is 97.8 Å². The Hall–Kier alpha value is -3.98. The van der Waals surface area contributed by atoms with Crippen molar-refractivity contribution in [2.45, 2.75) is 82.4 Å². The molecule has 4 aromatic carbocycles. The predicted molar refractivity (Wildman–Crippen MR) is 227 cm³/mol. The molecule has 0 aliphatic heterocycles. The second kappa shape index (κ2) is 15.2. The molecule has 266 valence electrons. The summed E-state index contributed by atoms with van der Waals surface area (Å²) in [6, 6.07) is 27.8. The van der Waals surface area contributed by atoms with E-state index in [9.17, 15) is 0 Å². The molecule has 8 heteroatoms. The van der Waals surface area contributed by atoms with Crippen LogP contribution in [0.3, 0.4) is 0 Å². The van der Waals surface area contributed by atoms with Crippen molar-refractivity contribution < 1.29 is 0 Å². The van der Waals surface area contributed by atoms with Crippen LogP contribution in [0.1, 0.15) is 69.8 Å². The van der Waals surface area contributed by atoms with Gasteiger partial charge >= 0.3 is 0 Å². The Labute approximate surface area is 311 Å². The highest BCUT2D eigenvalue weighted by molar-refractivity contribution is 7.90. The third kappa shape index (κ3) is 6.70. The molecule has 8 rings (SSSR count). The molecule has 0 spiro atoms. The molecule has 2 aliphatic rings. The van der Waals surface area contributed by atoms with E-state index in [1.54, 1.807) is 12.7 Å². The maximum atomic E-state index is 4.79. The highest BCUT2D eigenvalue weighted by Crippen LogP contribution is 2.64. The topological polar surface area (TPSA) is 58.0 Å². The summed E-state index contributed by atoms with van der Waals surface area (Å²) in [5.41, 5.74) is 9.58. The van der Waals surface area contributed by atoms with Crippen LogP contribution in [0.25, 0.3) is 21.8 Å². The van der Waals surface area contributed by atoms with Gasteiger partial charge in [-0.1, -0.05) is 64.6 Å². The van der Waals surface area contributed by atoms with Gasteiger partial charge in [-0.3, -0.25) is 0 Å². The third-order valence-electron chi connectivity index (χ3n) is 11.9. The standard InChI is InChI=1S/C44H51N6P2/c1-31-23-32-27-45-29-47-36(32)25-40(31)50(3)41-26-37-33(28-46-30-48-37)24-44(41)52(4,35-17-9-6-10-18-35)43-22-14-12-20-39(43)49(2)38-19-11-13-21-42(38)51-34-15-7-5-8-16-34/h11-14,19-30,34-35,51H,5-10,15-18H2,1-4H3/q+1. The van der Waals surface area contributed by atoms with Gasteiger partial charge in [0.2, 0.25) is 0 Å². The summed E-state index contributed by atoms with van der Waals surface area (Å²) in [5, 5.41) is 6.59. The number of hydrogen-bond donors (Lipinski definition) is 0. The van der Waals surface area contributed by atoms with Crippen molar-refractivity contribution in [2.24, 2.45) is 0 Å². The van der Waals surface area contributed by atoms with E-state index < -0.39 is 7.26 Å². The van der Waals surface area contributed by atoms with Crippen molar-refractivity contribution in [1.82, 2.24) is 19.9 Å². The van der Waals surface area contributed by atoms with E-state index in [1.807, 2.05) is 12.4 Å². The van der Waals surface area contributed by atoms with E-state index in [-0.39, 0.29) is 0 Å². The number of anilines is 4. The highest BCUT2D eigenvalue weighted by Gasteiger charge is 2.50. The molecule has 2 unspecified atom stereocenters. The van der Waals surface area contributed by atoms with Gasteiger partial charge in [0.15, 0.2) is 0 Å². The zero-order valence-electron chi connectivity index (χ0n) is 31.1. The fraction of sp³-hybridized carbons (Fsp3) is 0.364. The Morgan fingerprint density at radius 1 is 0.615 bits per heavy atom. The first-order valence-corrected chi connectivity index (χ1v) is 22.5. The highest BCUT2D eigenvalue weighted by atomic mass is 31.2. The van der Waals surface area contributed by atoms with Crippen molar-refractivity contribution in [3.63, 3.8) is 0 Å². The minimum absolute atomic E-state index is 0.579. The van der Waals surface area contributed by atoms with E-state index in [0.29, 0.717) is 5.66 Å². The van der Waals surface area contributed by atoms with Crippen molar-refractivity contribution >= 4 is 76.3 Å². The molecule has 2 heterocycles. The van der Waals surface area contributed by atoms with Gasteiger partial charge in [-0.2, -0.15) is 0 Å². The number of aryl methyl sites for hydroxylation is 1. The minimum atomic E-state index is -2.05. The van der Waals surface area contributed by atoms with Crippen LogP contribution >= 0.6 is 15.8 Å². The first-order valence-electron chi connectivity index (χ1n) is 19.2. The molecule has 2 saturated carbocycles. The average Bonchev–Trinajstić information content (AvgIpc) is 3.20. The lowest BCUT2D eigenvalue weighted by Crippen LogP contribution is -2.37. The summed E-state index contributed by atoms with van der Waals surface area (Å²) in [6.45, 7) is 4.85. The third-order valence-corrected chi connectivity index (χ3v) is 18.4. The zero-order chi connectivity index (χ0) is 35.7. The molecule has 2 aliphatic carbocycles. The lowest BCUT2D eigenvalue weighted by atomic mass is 10.0. The molecule has 6 aromatic rings. The maximum Gasteiger partial charge on any atom is 0.123 e. The molecular formula is C44H51N6P2+. The number of para-hydroxylation sites is 2. The number of benzene rings is 4. The van der Waals surface area contributed by atoms with E-state index in [2.05, 4.69) is 125 Å². The molecule has 0 saturated heterocycles. The van der Waals surface area contributed by atoms with Gasteiger partial charge in [0, 0.05) is 48.6 Å². The molecule has 0 amide bonds. The maximum absolute atomic E-state index is 4.79. The zero-order valence-corrected chi connectivity index (χ0v) is 33.0. The van der Waals surface area contributed by atoms with Crippen molar-refractivity contribution in [3.8, 4) is 0 Å². The van der Waals surface area contributed by atoms with Crippen LogP contribution in [-0.4, -0.2) is 52.0 Å². The Morgan fingerprint density at radius 2 is 1.19 bits per heavy atom. The van der Waals surface area contributed by atoms with Gasteiger partial charge in [0.25, 0.3) is 0 Å². The van der Waals surface area contributed by atoms with Crippen LogP contribution in [0, 0.1) is 6.92 Å². The monoisotopic (exact) mass is 725 g/mol. The normalized spacial score (nSPS) is 17.2. The molecular weight excluding hydrogens is 674 g/mol. The molecule has 0 bridgehead atoms. The predicted octanol–water partition coefficient (Wildman–Crippen LogP) is 9.98. The van der Waals surface area contributed by atoms with Crippen LogP contribution in [-0.2, 0) is 0 Å². The van der Waals surface area contributed by atoms with Gasteiger partial charge in [-0.15, -0.1) is 0 Å². The Morgan fingerprint density at radius 3 is 1.90 bits per heavy atom. The Kier molecular flexibility index (Phi) is 10.2. The summed E-state index contributed by atoms with van der Waals surface area (Å²) >= 11 is 0. The second-order valence-electron chi connectivity index (χ2n) is 15.1. The Balaban J connectivity index is 1.31. The second-order valence-corrected chi connectivity index (χ2v) is 20.6. The minimum Gasteiger partial charge on any atom is -0.341 e. The SMILES string of the molecule is Cc1cc2cncnc2cc1N(C)c1cc2ncncc2cc1[P+](C)(c1ccccc1N(C)c1ccccc1PC1CCCCC1)C1CCCCC1. The molecule has 0 radical (unpaired) electrons. The summed E-state index contributed by atoms with van der Waals surface area (Å²) in [6.07, 6.45) is 20.5. The van der Waals surface area contributed by atoms with Gasteiger partial charge in [-0.05, 0) is 104 Å². The van der Waals surface area contributed by atoms with Crippen molar-refractivity contribution in [2.75, 3.05) is 30.6 Å². The van der Waals surface area contributed by atoms with E-state index >= 15 is 0 Å². The lowest BCUT2D eigenvalue weighted by Gasteiger charge is -2.38. The van der Waals surface area contributed by atoms with Crippen LogP contribution < -0.4 is 25.7 Å². The fourth-order valence-electron chi connectivity index (χ4n) is 9.02. The number of rotatable bonds is 9. The fourth-order valence-corrected chi connectivity index (χ4v) is 15.4. The van der Waals surface area contributed by atoms with Gasteiger partial charge in [-0.25, -0.2) is 19.9 Å². The molecule has 52 heavy (non-hydrogen) atoms. The van der Waals surface area contributed by atoms with Crippen LogP contribution in [0.4, 0.5) is 22.7 Å². The van der Waals surface area contributed by atoms with E-state index in [1.165, 1.54) is 103 Å². The van der Waals surface area contributed by atoms with Crippen molar-refractivity contribution in [1.29, 1.82) is 0 Å². The smallest absolute Gasteiger partial charge is 0.123 e. The van der Waals surface area contributed by atoms with Gasteiger partial charge in [0.1, 0.15) is 23.3 Å². The average molecular weight is 726 g/mol. The summed E-state index contributed by atoms with van der Waals surface area (Å²) in [5.74, 6) is 0. The number of fused-ring (bicyclic) bond motifs is 2. The largest absolute Gasteiger partial charge is 0.341 e. The van der Waals surface area contributed by atoms with Crippen LogP contribution in [0.5, 0.6) is 0 Å².